The molecule has 0 saturated carbocycles. The third-order valence-electron chi connectivity index (χ3n) is 4.56. The molecule has 174 valence electrons. The standard InChI is InChI=1S/C22H40N4O3.HI/c1-9-23-22(24-11-12-26(16(3)4)17(5)6)25-15-18-13-19(27-7)21(29-10-2)20(14-18)28-8;/h13-14,16-17H,9-12,15H2,1-8H3,(H2,23,24,25);1H. The predicted octanol–water partition coefficient (Wildman–Crippen LogP) is 3.89. The van der Waals surface area contributed by atoms with E-state index in [0.717, 1.165) is 31.2 Å². The van der Waals surface area contributed by atoms with E-state index in [-0.39, 0.29) is 24.0 Å². The van der Waals surface area contributed by atoms with Gasteiger partial charge >= 0.3 is 0 Å². The lowest BCUT2D eigenvalue weighted by Crippen LogP contribution is -2.45. The molecule has 0 atom stereocenters. The van der Waals surface area contributed by atoms with Crippen molar-refractivity contribution in [1.29, 1.82) is 0 Å². The van der Waals surface area contributed by atoms with Crippen LogP contribution in [0.4, 0.5) is 0 Å². The fraction of sp³-hybridized carbons (Fsp3) is 0.682. The zero-order valence-corrected chi connectivity index (χ0v) is 22.2. The van der Waals surface area contributed by atoms with E-state index in [1.54, 1.807) is 14.2 Å². The minimum absolute atomic E-state index is 0. The number of rotatable bonds is 12. The van der Waals surface area contributed by atoms with Gasteiger partial charge in [-0.05, 0) is 59.2 Å². The van der Waals surface area contributed by atoms with Gasteiger partial charge in [0.05, 0.1) is 27.4 Å². The van der Waals surface area contributed by atoms with Crippen LogP contribution in [-0.4, -0.2) is 63.4 Å². The molecule has 8 heteroatoms. The number of nitrogens with one attached hydrogen (secondary N) is 2. The lowest BCUT2D eigenvalue weighted by Gasteiger charge is -2.30. The maximum Gasteiger partial charge on any atom is 0.203 e. The van der Waals surface area contributed by atoms with Crippen LogP contribution in [0.5, 0.6) is 17.2 Å². The van der Waals surface area contributed by atoms with E-state index >= 15 is 0 Å². The molecule has 0 aliphatic rings. The van der Waals surface area contributed by atoms with Crippen molar-refractivity contribution in [2.45, 2.75) is 60.2 Å². The molecule has 30 heavy (non-hydrogen) atoms. The van der Waals surface area contributed by atoms with Crippen LogP contribution >= 0.6 is 24.0 Å². The number of ether oxygens (including phenoxy) is 3. The molecule has 0 unspecified atom stereocenters. The molecule has 0 aliphatic carbocycles. The van der Waals surface area contributed by atoms with Crippen molar-refractivity contribution in [3.63, 3.8) is 0 Å². The predicted molar refractivity (Wildman–Crippen MR) is 136 cm³/mol. The second-order valence-electron chi connectivity index (χ2n) is 7.31. The average molecular weight is 536 g/mol. The number of benzene rings is 1. The van der Waals surface area contributed by atoms with Crippen molar-refractivity contribution in [3.8, 4) is 17.2 Å². The number of halogens is 1. The van der Waals surface area contributed by atoms with Crippen LogP contribution < -0.4 is 24.8 Å². The monoisotopic (exact) mass is 536 g/mol. The van der Waals surface area contributed by atoms with Crippen LogP contribution in [0.25, 0.3) is 0 Å². The molecule has 1 aromatic rings. The summed E-state index contributed by atoms with van der Waals surface area (Å²) in [5.41, 5.74) is 0.991. The second-order valence-corrected chi connectivity index (χ2v) is 7.31. The Morgan fingerprint density at radius 3 is 2.00 bits per heavy atom. The maximum absolute atomic E-state index is 5.67. The van der Waals surface area contributed by atoms with Crippen molar-refractivity contribution in [2.75, 3.05) is 40.5 Å². The summed E-state index contributed by atoms with van der Waals surface area (Å²) >= 11 is 0. The highest BCUT2D eigenvalue weighted by molar-refractivity contribution is 14.0. The van der Waals surface area contributed by atoms with E-state index in [9.17, 15) is 0 Å². The molecule has 1 rings (SSSR count). The average Bonchev–Trinajstić information content (AvgIpc) is 2.69. The first-order chi connectivity index (χ1) is 13.9. The van der Waals surface area contributed by atoms with Gasteiger partial charge in [0.1, 0.15) is 0 Å². The Hall–Kier alpha value is -1.42. The Morgan fingerprint density at radius 1 is 1.00 bits per heavy atom. The highest BCUT2D eigenvalue weighted by Gasteiger charge is 2.14. The number of hydrogen-bond donors (Lipinski definition) is 2. The minimum atomic E-state index is 0. The molecule has 0 saturated heterocycles. The molecule has 0 radical (unpaired) electrons. The highest BCUT2D eigenvalue weighted by Crippen LogP contribution is 2.38. The maximum atomic E-state index is 5.67. The summed E-state index contributed by atoms with van der Waals surface area (Å²) in [5.74, 6) is 2.72. The van der Waals surface area contributed by atoms with E-state index in [1.165, 1.54) is 0 Å². The van der Waals surface area contributed by atoms with Gasteiger partial charge in [0, 0.05) is 31.7 Å². The first-order valence-corrected chi connectivity index (χ1v) is 10.5. The highest BCUT2D eigenvalue weighted by atomic mass is 127. The SMILES string of the molecule is CCNC(=NCc1cc(OC)c(OCC)c(OC)c1)NCCN(C(C)C)C(C)C.I. The zero-order valence-electron chi connectivity index (χ0n) is 19.9. The molecule has 0 bridgehead atoms. The smallest absolute Gasteiger partial charge is 0.203 e. The van der Waals surface area contributed by atoms with E-state index in [1.807, 2.05) is 19.1 Å². The van der Waals surface area contributed by atoms with Gasteiger partial charge in [-0.2, -0.15) is 0 Å². The van der Waals surface area contributed by atoms with E-state index < -0.39 is 0 Å². The van der Waals surface area contributed by atoms with E-state index in [2.05, 4.69) is 50.2 Å². The van der Waals surface area contributed by atoms with Crippen LogP contribution in [-0.2, 0) is 6.54 Å². The summed E-state index contributed by atoms with van der Waals surface area (Å²) in [6, 6.07) is 4.92. The topological polar surface area (TPSA) is 67.4 Å². The summed E-state index contributed by atoms with van der Waals surface area (Å²) in [6.45, 7) is 16.6. The number of aliphatic imine (C=N–C) groups is 1. The number of methoxy groups -OCH3 is 2. The molecule has 0 heterocycles. The van der Waals surface area contributed by atoms with E-state index in [0.29, 0.717) is 42.5 Å². The molecule has 7 nitrogen and oxygen atoms in total. The van der Waals surface area contributed by atoms with Crippen molar-refractivity contribution in [3.05, 3.63) is 17.7 Å². The molecule has 2 N–H and O–H groups in total. The Labute approximate surface area is 200 Å². The third-order valence-corrected chi connectivity index (χ3v) is 4.56. The van der Waals surface area contributed by atoms with Gasteiger partial charge in [-0.1, -0.05) is 0 Å². The van der Waals surface area contributed by atoms with Gasteiger partial charge in [-0.25, -0.2) is 4.99 Å². The molecule has 0 aromatic heterocycles. The molecule has 0 aliphatic heterocycles. The Balaban J connectivity index is 0.00000841. The Kier molecular flexibility index (Phi) is 14.7. The quantitative estimate of drug-likeness (QED) is 0.240. The minimum Gasteiger partial charge on any atom is -0.493 e. The summed E-state index contributed by atoms with van der Waals surface area (Å²) in [6.07, 6.45) is 0. The first kappa shape index (κ1) is 28.6. The van der Waals surface area contributed by atoms with Crippen LogP contribution in [0.15, 0.2) is 17.1 Å². The lowest BCUT2D eigenvalue weighted by molar-refractivity contribution is 0.178. The first-order valence-electron chi connectivity index (χ1n) is 10.5. The van der Waals surface area contributed by atoms with Crippen LogP contribution in [0.1, 0.15) is 47.1 Å². The molecule has 0 fully saturated rings. The van der Waals surface area contributed by atoms with Crippen LogP contribution in [0.2, 0.25) is 0 Å². The summed E-state index contributed by atoms with van der Waals surface area (Å²) in [7, 11) is 3.26. The lowest BCUT2D eigenvalue weighted by atomic mass is 10.2. The summed E-state index contributed by atoms with van der Waals surface area (Å²) in [5, 5.41) is 6.74. The van der Waals surface area contributed by atoms with Gasteiger partial charge in [0.2, 0.25) is 5.75 Å². The molecule has 0 spiro atoms. The van der Waals surface area contributed by atoms with Crippen molar-refractivity contribution >= 4 is 29.9 Å². The van der Waals surface area contributed by atoms with Crippen molar-refractivity contribution in [1.82, 2.24) is 15.5 Å². The van der Waals surface area contributed by atoms with Gasteiger partial charge in [-0.3, -0.25) is 4.90 Å². The molecular weight excluding hydrogens is 495 g/mol. The third kappa shape index (κ3) is 9.16. The number of nitrogens with zero attached hydrogens (tertiary/aromatic N) is 2. The zero-order chi connectivity index (χ0) is 21.8. The Bertz CT molecular complexity index is 606. The fourth-order valence-electron chi connectivity index (χ4n) is 3.24. The largest absolute Gasteiger partial charge is 0.493 e. The fourth-order valence-corrected chi connectivity index (χ4v) is 3.24. The van der Waals surface area contributed by atoms with Gasteiger partial charge in [0.25, 0.3) is 0 Å². The van der Waals surface area contributed by atoms with Crippen molar-refractivity contribution < 1.29 is 14.2 Å². The molecule has 1 aromatic carbocycles. The van der Waals surface area contributed by atoms with Crippen LogP contribution in [0.3, 0.4) is 0 Å². The van der Waals surface area contributed by atoms with Gasteiger partial charge in [0.15, 0.2) is 17.5 Å². The van der Waals surface area contributed by atoms with Gasteiger partial charge in [-0.15, -0.1) is 24.0 Å². The van der Waals surface area contributed by atoms with E-state index in [4.69, 9.17) is 19.2 Å². The molecular formula is C22H41IN4O3. The van der Waals surface area contributed by atoms with Crippen LogP contribution in [0, 0.1) is 0 Å². The molecule has 0 amide bonds. The van der Waals surface area contributed by atoms with Gasteiger partial charge < -0.3 is 24.8 Å². The summed E-state index contributed by atoms with van der Waals surface area (Å²) < 4.78 is 16.6. The normalized spacial score (nSPS) is 11.5. The number of hydrogen-bond acceptors (Lipinski definition) is 5. The van der Waals surface area contributed by atoms with Crippen molar-refractivity contribution in [2.24, 2.45) is 4.99 Å². The second kappa shape index (κ2) is 15.4. The Morgan fingerprint density at radius 2 is 1.57 bits per heavy atom. The number of guanidine groups is 1. The summed E-state index contributed by atoms with van der Waals surface area (Å²) in [4.78, 5) is 7.18.